The van der Waals surface area contributed by atoms with Crippen LogP contribution in [0.3, 0.4) is 0 Å². The van der Waals surface area contributed by atoms with Gasteiger partial charge in [-0.3, -0.25) is 0 Å². The predicted octanol–water partition coefficient (Wildman–Crippen LogP) is 17.7. The number of rotatable bonds is 18. The highest BCUT2D eigenvalue weighted by atomic mass is 15.1. The van der Waals surface area contributed by atoms with Gasteiger partial charge in [0.2, 0.25) is 0 Å². The first-order valence-electron chi connectivity index (χ1n) is 24.0. The van der Waals surface area contributed by atoms with Gasteiger partial charge < -0.3 is 9.80 Å². The quantitative estimate of drug-likeness (QED) is 0.0795. The molecule has 0 amide bonds. The third-order valence-electron chi connectivity index (χ3n) is 13.5. The lowest BCUT2D eigenvalue weighted by Crippen LogP contribution is -2.24. The summed E-state index contributed by atoms with van der Waals surface area (Å²) in [7, 11) is 0. The molecule has 0 bridgehead atoms. The summed E-state index contributed by atoms with van der Waals surface area (Å²) in [4.78, 5) is 4.95. The van der Waals surface area contributed by atoms with E-state index >= 15 is 0 Å². The monoisotopic (exact) mass is 829 g/mol. The maximum atomic E-state index is 2.54. The first kappa shape index (κ1) is 43.8. The van der Waals surface area contributed by atoms with Gasteiger partial charge in [-0.15, -0.1) is 0 Å². The zero-order chi connectivity index (χ0) is 43.9. The van der Waals surface area contributed by atoms with Crippen molar-refractivity contribution >= 4 is 34.1 Å². The van der Waals surface area contributed by atoms with Crippen molar-refractivity contribution in [2.45, 2.75) is 125 Å². The Labute approximate surface area is 379 Å². The van der Waals surface area contributed by atoms with E-state index in [0.717, 1.165) is 19.3 Å². The molecule has 0 aromatic heterocycles. The molecule has 0 fully saturated rings. The van der Waals surface area contributed by atoms with Crippen molar-refractivity contribution < 1.29 is 0 Å². The molecule has 0 aliphatic heterocycles. The van der Waals surface area contributed by atoms with Crippen molar-refractivity contribution in [2.24, 2.45) is 0 Å². The zero-order valence-electron chi connectivity index (χ0n) is 39.1. The van der Waals surface area contributed by atoms with Gasteiger partial charge in [0.05, 0.1) is 0 Å². The molecule has 0 saturated heterocycles. The lowest BCUT2D eigenvalue weighted by molar-refractivity contribution is 0.663. The Balaban J connectivity index is 1.32. The number of nitrogens with zero attached hydrogens (tertiary/aromatic N) is 2. The summed E-state index contributed by atoms with van der Waals surface area (Å²) < 4.78 is 0. The van der Waals surface area contributed by atoms with Crippen LogP contribution in [0.5, 0.6) is 0 Å². The summed E-state index contributed by atoms with van der Waals surface area (Å²) in [5, 5.41) is 0. The molecule has 0 heterocycles. The van der Waals surface area contributed by atoms with Crippen molar-refractivity contribution in [2.75, 3.05) is 9.80 Å². The second-order valence-electron chi connectivity index (χ2n) is 18.5. The average molecular weight is 829 g/mol. The average Bonchev–Trinajstić information content (AvgIpc) is 3.55. The van der Waals surface area contributed by atoms with Crippen LogP contribution >= 0.6 is 0 Å². The fourth-order valence-corrected chi connectivity index (χ4v) is 9.89. The van der Waals surface area contributed by atoms with Gasteiger partial charge in [-0.1, -0.05) is 148 Å². The van der Waals surface area contributed by atoms with Crippen LogP contribution in [0.15, 0.2) is 152 Å². The van der Waals surface area contributed by atoms with Crippen molar-refractivity contribution in [3.05, 3.63) is 202 Å². The molecular weight excluding hydrogens is 761 g/mol. The molecule has 1 aliphatic rings. The molecule has 0 spiro atoms. The third-order valence-corrected chi connectivity index (χ3v) is 13.5. The molecule has 0 unspecified atom stereocenters. The van der Waals surface area contributed by atoms with E-state index in [2.05, 4.69) is 210 Å². The standard InChI is InChI=1S/C61H68N2/c1-8-11-14-15-20-49-37-46(6)38-50(39-49)61(7)59-42-55(62(51-29-25-44(4)26-30-51)53-23-16-21-47(40-53)18-12-9-2)33-35-57(59)58-36-34-56(43-60(58)61)63(52-31-27-45(5)28-32-52)54-24-17-22-48(41-54)19-13-10-3/h16-17,21-43H,8-15,18-20H2,1-7H3. The van der Waals surface area contributed by atoms with Crippen molar-refractivity contribution in [3.8, 4) is 11.1 Å². The van der Waals surface area contributed by atoms with Crippen LogP contribution in [-0.2, 0) is 24.7 Å². The van der Waals surface area contributed by atoms with Crippen molar-refractivity contribution in [3.63, 3.8) is 0 Å². The van der Waals surface area contributed by atoms with Gasteiger partial charge in [0.15, 0.2) is 0 Å². The second kappa shape index (κ2) is 19.7. The smallest absolute Gasteiger partial charge is 0.0465 e. The summed E-state index contributed by atoms with van der Waals surface area (Å²) in [5.74, 6) is 0. The Bertz CT molecular complexity index is 2480. The van der Waals surface area contributed by atoms with Crippen molar-refractivity contribution in [1.29, 1.82) is 0 Å². The van der Waals surface area contributed by atoms with Crippen LogP contribution in [0.25, 0.3) is 11.1 Å². The third kappa shape index (κ3) is 9.42. The molecule has 2 heteroatoms. The van der Waals surface area contributed by atoms with Gasteiger partial charge in [0.1, 0.15) is 0 Å². The number of anilines is 6. The Kier molecular flexibility index (Phi) is 13.7. The fraction of sp³-hybridized carbons (Fsp3) is 0.311. The summed E-state index contributed by atoms with van der Waals surface area (Å²) in [6, 6.07) is 58.6. The fourth-order valence-electron chi connectivity index (χ4n) is 9.89. The van der Waals surface area contributed by atoms with Crippen LogP contribution < -0.4 is 9.80 Å². The van der Waals surface area contributed by atoms with Crippen LogP contribution in [0.1, 0.15) is 129 Å². The Hall–Kier alpha value is -5.86. The van der Waals surface area contributed by atoms with Crippen LogP contribution in [0.4, 0.5) is 34.1 Å². The van der Waals surface area contributed by atoms with E-state index in [-0.39, 0.29) is 0 Å². The molecule has 1 aliphatic carbocycles. The number of hydrogen-bond acceptors (Lipinski definition) is 2. The number of fused-ring (bicyclic) bond motifs is 3. The van der Waals surface area contributed by atoms with E-state index in [9.17, 15) is 0 Å². The maximum absolute atomic E-state index is 2.54. The van der Waals surface area contributed by atoms with Crippen LogP contribution in [0, 0.1) is 20.8 Å². The van der Waals surface area contributed by atoms with Gasteiger partial charge in [0.25, 0.3) is 0 Å². The highest BCUT2D eigenvalue weighted by Gasteiger charge is 2.42. The Morgan fingerprint density at radius 2 is 0.810 bits per heavy atom. The van der Waals surface area contributed by atoms with Gasteiger partial charge in [-0.2, -0.15) is 0 Å². The minimum atomic E-state index is -0.412. The molecule has 7 aromatic carbocycles. The van der Waals surface area contributed by atoms with Gasteiger partial charge in [-0.25, -0.2) is 0 Å². The minimum Gasteiger partial charge on any atom is -0.310 e. The largest absolute Gasteiger partial charge is 0.310 e. The Morgan fingerprint density at radius 1 is 0.365 bits per heavy atom. The summed E-state index contributed by atoms with van der Waals surface area (Å²) >= 11 is 0. The van der Waals surface area contributed by atoms with Gasteiger partial charge >= 0.3 is 0 Å². The van der Waals surface area contributed by atoms with E-state index < -0.39 is 5.41 Å². The summed E-state index contributed by atoms with van der Waals surface area (Å²) in [6.07, 6.45) is 13.1. The number of hydrogen-bond donors (Lipinski definition) is 0. The predicted molar refractivity (Wildman–Crippen MR) is 273 cm³/mol. The van der Waals surface area contributed by atoms with Crippen molar-refractivity contribution in [1.82, 2.24) is 0 Å². The number of benzene rings is 7. The molecule has 322 valence electrons. The normalized spacial score (nSPS) is 12.6. The van der Waals surface area contributed by atoms with Crippen LogP contribution in [-0.4, -0.2) is 0 Å². The summed E-state index contributed by atoms with van der Waals surface area (Å²) in [6.45, 7) is 16.0. The topological polar surface area (TPSA) is 6.48 Å². The van der Waals surface area contributed by atoms with E-state index in [1.165, 1.54) is 147 Å². The highest BCUT2D eigenvalue weighted by Crippen LogP contribution is 2.55. The highest BCUT2D eigenvalue weighted by molar-refractivity contribution is 5.90. The summed E-state index contributed by atoms with van der Waals surface area (Å²) in [5.41, 5.74) is 21.5. The first-order chi connectivity index (χ1) is 30.7. The molecule has 63 heavy (non-hydrogen) atoms. The van der Waals surface area contributed by atoms with Gasteiger partial charge in [0, 0.05) is 39.5 Å². The van der Waals surface area contributed by atoms with Crippen LogP contribution in [0.2, 0.25) is 0 Å². The molecule has 0 N–H and O–H groups in total. The van der Waals surface area contributed by atoms with E-state index in [1.54, 1.807) is 0 Å². The molecule has 0 radical (unpaired) electrons. The molecule has 7 aromatic rings. The molecular formula is C61H68N2. The molecule has 0 saturated carbocycles. The van der Waals surface area contributed by atoms with Gasteiger partial charge in [-0.05, 0) is 184 Å². The second-order valence-corrected chi connectivity index (χ2v) is 18.5. The van der Waals surface area contributed by atoms with E-state index in [0.29, 0.717) is 0 Å². The van der Waals surface area contributed by atoms with E-state index in [4.69, 9.17) is 0 Å². The molecule has 2 nitrogen and oxygen atoms in total. The lowest BCUT2D eigenvalue weighted by Gasteiger charge is -2.32. The molecule has 8 rings (SSSR count). The molecule has 0 atom stereocenters. The SMILES string of the molecule is CCCCCCc1cc(C)cc(C2(C)c3cc(N(c4ccc(C)cc4)c4cccc(CCCC)c4)ccc3-c3ccc(N(c4ccc(C)cc4)c4cccc(CCCC)c4)cc32)c1. The lowest BCUT2D eigenvalue weighted by atomic mass is 9.73. The number of aryl methyl sites for hydroxylation is 6. The Morgan fingerprint density at radius 3 is 1.29 bits per heavy atom. The maximum Gasteiger partial charge on any atom is 0.0465 e. The zero-order valence-corrected chi connectivity index (χ0v) is 39.1. The van der Waals surface area contributed by atoms with E-state index in [1.807, 2.05) is 0 Å². The minimum absolute atomic E-state index is 0.412. The number of unbranched alkanes of at least 4 members (excludes halogenated alkanes) is 5. The first-order valence-corrected chi connectivity index (χ1v) is 24.0.